The highest BCUT2D eigenvalue weighted by atomic mass is 32.2. The standard InChI is InChI=1S/C31H28F3N7O2S/c1-19-14-20(2)27(21(3)15-19)40-12-13-44-30(40)38-29(42)36-17-24(16-35)22-4-6-23(7-5-22)28-37-18-41(39-28)25-8-10-26(11-9-25)43-31(32,33)34/h4-11,14-15,18,24H,12-13,17H2,1-3H3,(H,36,42)/b38-30-. The highest BCUT2D eigenvalue weighted by Gasteiger charge is 2.31. The van der Waals surface area contributed by atoms with Crippen molar-refractivity contribution < 1.29 is 22.7 Å². The second-order valence-corrected chi connectivity index (χ2v) is 11.2. The van der Waals surface area contributed by atoms with E-state index < -0.39 is 18.3 Å². The Morgan fingerprint density at radius 1 is 1.11 bits per heavy atom. The molecule has 1 atom stereocenters. The SMILES string of the molecule is Cc1cc(C)c(N2CCS/C2=N\C(=O)NCC(C#N)c2ccc(-c3ncn(-c4ccc(OC(F)(F)F)cc4)n3)cc2)c(C)c1. The van der Waals surface area contributed by atoms with Crippen LogP contribution >= 0.6 is 11.8 Å². The average Bonchev–Trinajstić information content (AvgIpc) is 3.63. The summed E-state index contributed by atoms with van der Waals surface area (Å²) in [5, 5.41) is 17.6. The number of benzene rings is 3. The van der Waals surface area contributed by atoms with Gasteiger partial charge in [-0.25, -0.2) is 14.5 Å². The Bertz CT molecular complexity index is 1710. The zero-order valence-corrected chi connectivity index (χ0v) is 24.9. The van der Waals surface area contributed by atoms with Crippen molar-refractivity contribution in [2.45, 2.75) is 33.1 Å². The molecule has 0 radical (unpaired) electrons. The van der Waals surface area contributed by atoms with Gasteiger partial charge in [-0.2, -0.15) is 10.3 Å². The first-order chi connectivity index (χ1) is 21.0. The van der Waals surface area contributed by atoms with Crippen molar-refractivity contribution >= 4 is 28.6 Å². The molecule has 44 heavy (non-hydrogen) atoms. The number of aryl methyl sites for hydroxylation is 3. The van der Waals surface area contributed by atoms with Crippen molar-refractivity contribution in [3.63, 3.8) is 0 Å². The summed E-state index contributed by atoms with van der Waals surface area (Å²) in [6.45, 7) is 7.00. The second-order valence-electron chi connectivity index (χ2n) is 10.2. The summed E-state index contributed by atoms with van der Waals surface area (Å²) in [6.07, 6.45) is -3.32. The Morgan fingerprint density at radius 2 is 1.80 bits per heavy atom. The summed E-state index contributed by atoms with van der Waals surface area (Å²) in [5.41, 5.74) is 6.38. The first-order valence-electron chi connectivity index (χ1n) is 13.6. The number of anilines is 1. The number of carbonyl (C=O) groups is 1. The number of hydrogen-bond acceptors (Lipinski definition) is 6. The maximum atomic E-state index is 12.8. The summed E-state index contributed by atoms with van der Waals surface area (Å²) in [4.78, 5) is 23.4. The third-order valence-electron chi connectivity index (χ3n) is 6.89. The van der Waals surface area contributed by atoms with Gasteiger partial charge in [0.15, 0.2) is 11.0 Å². The Labute approximate surface area is 256 Å². The number of hydrogen-bond donors (Lipinski definition) is 1. The van der Waals surface area contributed by atoms with E-state index in [-0.39, 0.29) is 12.3 Å². The summed E-state index contributed by atoms with van der Waals surface area (Å²) in [6, 6.07) is 18.3. The summed E-state index contributed by atoms with van der Waals surface area (Å²) in [7, 11) is 0. The molecule has 13 heteroatoms. The van der Waals surface area contributed by atoms with E-state index in [1.54, 1.807) is 24.3 Å². The highest BCUT2D eigenvalue weighted by Crippen LogP contribution is 2.32. The van der Waals surface area contributed by atoms with Crippen molar-refractivity contribution in [1.29, 1.82) is 5.26 Å². The van der Waals surface area contributed by atoms with E-state index >= 15 is 0 Å². The number of aromatic nitrogens is 3. The minimum absolute atomic E-state index is 0.0830. The molecule has 0 aliphatic carbocycles. The predicted octanol–water partition coefficient (Wildman–Crippen LogP) is 6.68. The van der Waals surface area contributed by atoms with E-state index in [1.165, 1.54) is 52.6 Å². The minimum atomic E-state index is -4.77. The molecule has 3 aromatic carbocycles. The van der Waals surface area contributed by atoms with Gasteiger partial charge >= 0.3 is 12.4 Å². The number of carbonyl (C=O) groups excluding carboxylic acids is 1. The lowest BCUT2D eigenvalue weighted by molar-refractivity contribution is -0.274. The number of aliphatic imine (C=N–C) groups is 1. The number of nitrogens with zero attached hydrogens (tertiary/aromatic N) is 6. The Morgan fingerprint density at radius 3 is 2.43 bits per heavy atom. The second kappa shape index (κ2) is 12.8. The number of amidine groups is 1. The predicted molar refractivity (Wildman–Crippen MR) is 163 cm³/mol. The number of alkyl halides is 3. The monoisotopic (exact) mass is 619 g/mol. The molecule has 0 spiro atoms. The molecule has 2 amide bonds. The zero-order chi connectivity index (χ0) is 31.4. The minimum Gasteiger partial charge on any atom is -0.406 e. The van der Waals surface area contributed by atoms with E-state index in [1.807, 2.05) is 0 Å². The molecule has 1 N–H and O–H groups in total. The molecule has 1 unspecified atom stereocenters. The van der Waals surface area contributed by atoms with Gasteiger partial charge in [-0.05, 0) is 61.7 Å². The van der Waals surface area contributed by atoms with Crippen LogP contribution in [0, 0.1) is 32.1 Å². The molecule has 5 rings (SSSR count). The lowest BCUT2D eigenvalue weighted by atomic mass is 9.99. The van der Waals surface area contributed by atoms with Gasteiger partial charge in [-0.1, -0.05) is 53.7 Å². The lowest BCUT2D eigenvalue weighted by Gasteiger charge is -2.23. The van der Waals surface area contributed by atoms with Crippen LogP contribution in [0.4, 0.5) is 23.7 Å². The number of ether oxygens (including phenoxy) is 1. The first-order valence-corrected chi connectivity index (χ1v) is 14.6. The van der Waals surface area contributed by atoms with Crippen LogP contribution < -0.4 is 15.0 Å². The van der Waals surface area contributed by atoms with Crippen molar-refractivity contribution in [2.24, 2.45) is 4.99 Å². The molecule has 9 nitrogen and oxygen atoms in total. The van der Waals surface area contributed by atoms with E-state index in [4.69, 9.17) is 0 Å². The molecule has 0 saturated carbocycles. The zero-order valence-electron chi connectivity index (χ0n) is 24.1. The molecule has 1 aliphatic rings. The van der Waals surface area contributed by atoms with Gasteiger partial charge in [-0.15, -0.1) is 18.3 Å². The van der Waals surface area contributed by atoms with Crippen LogP contribution in [0.2, 0.25) is 0 Å². The van der Waals surface area contributed by atoms with Crippen molar-refractivity contribution in [2.75, 3.05) is 23.7 Å². The maximum absolute atomic E-state index is 12.8. The number of nitrogens with one attached hydrogen (secondary N) is 1. The molecular weight excluding hydrogens is 591 g/mol. The van der Waals surface area contributed by atoms with Gasteiger partial charge in [0.25, 0.3) is 0 Å². The van der Waals surface area contributed by atoms with Gasteiger partial charge in [0.1, 0.15) is 12.1 Å². The van der Waals surface area contributed by atoms with Crippen LogP contribution in [0.25, 0.3) is 17.1 Å². The van der Waals surface area contributed by atoms with Crippen LogP contribution in [-0.2, 0) is 0 Å². The molecule has 0 bridgehead atoms. The summed E-state index contributed by atoms with van der Waals surface area (Å²) in [5.74, 6) is 0.273. The molecule has 1 fully saturated rings. The summed E-state index contributed by atoms with van der Waals surface area (Å²) >= 11 is 1.52. The smallest absolute Gasteiger partial charge is 0.406 e. The van der Waals surface area contributed by atoms with Gasteiger partial charge in [0.05, 0.1) is 17.7 Å². The number of thioether (sulfide) groups is 1. The third-order valence-corrected chi connectivity index (χ3v) is 7.85. The van der Waals surface area contributed by atoms with Crippen LogP contribution in [-0.4, -0.2) is 51.2 Å². The lowest BCUT2D eigenvalue weighted by Crippen LogP contribution is -2.30. The van der Waals surface area contributed by atoms with Crippen molar-refractivity contribution in [1.82, 2.24) is 20.1 Å². The molecule has 4 aromatic rings. The number of rotatable bonds is 7. The molecule has 1 aromatic heterocycles. The largest absolute Gasteiger partial charge is 0.573 e. The summed E-state index contributed by atoms with van der Waals surface area (Å²) < 4.78 is 42.6. The molecule has 2 heterocycles. The van der Waals surface area contributed by atoms with Gasteiger partial charge in [0, 0.05) is 30.1 Å². The van der Waals surface area contributed by atoms with Gasteiger partial charge < -0.3 is 15.0 Å². The van der Waals surface area contributed by atoms with E-state index in [0.29, 0.717) is 27.8 Å². The Balaban J connectivity index is 1.21. The normalized spacial score (nSPS) is 14.8. The van der Waals surface area contributed by atoms with Gasteiger partial charge in [-0.3, -0.25) is 0 Å². The van der Waals surface area contributed by atoms with Gasteiger partial charge in [0.2, 0.25) is 0 Å². The quantitative estimate of drug-likeness (QED) is 0.246. The van der Waals surface area contributed by atoms with Crippen LogP contribution in [0.3, 0.4) is 0 Å². The van der Waals surface area contributed by atoms with E-state index in [0.717, 1.165) is 29.1 Å². The highest BCUT2D eigenvalue weighted by molar-refractivity contribution is 8.14. The van der Waals surface area contributed by atoms with Crippen molar-refractivity contribution in [3.05, 3.63) is 89.2 Å². The van der Waals surface area contributed by atoms with Crippen molar-refractivity contribution in [3.8, 4) is 28.9 Å². The average molecular weight is 620 g/mol. The molecule has 226 valence electrons. The topological polar surface area (TPSA) is 108 Å². The first kappa shape index (κ1) is 30.6. The van der Waals surface area contributed by atoms with E-state index in [9.17, 15) is 23.2 Å². The maximum Gasteiger partial charge on any atom is 0.573 e. The van der Waals surface area contributed by atoms with E-state index in [2.05, 4.69) is 69.0 Å². The fourth-order valence-corrected chi connectivity index (χ4v) is 5.98. The number of nitriles is 1. The molecule has 1 saturated heterocycles. The third kappa shape index (κ3) is 7.20. The fraction of sp³-hybridized carbons (Fsp3) is 0.258. The number of amides is 2. The van der Waals surface area contributed by atoms with Crippen LogP contribution in [0.5, 0.6) is 5.75 Å². The number of halogens is 3. The van der Waals surface area contributed by atoms with Crippen LogP contribution in [0.15, 0.2) is 72.0 Å². The Hall–Kier alpha value is -4.83. The molecule has 1 aliphatic heterocycles. The Kier molecular flexibility index (Phi) is 8.91. The number of urea groups is 1. The fourth-order valence-electron chi connectivity index (χ4n) is 5.04. The van der Waals surface area contributed by atoms with Crippen LogP contribution in [0.1, 0.15) is 28.2 Å². The molecular formula is C31H28F3N7O2S.